The molecule has 5 nitrogen and oxygen atoms in total. The van der Waals surface area contributed by atoms with E-state index < -0.39 is 6.10 Å². The Balaban J connectivity index is 1.26. The number of esters is 1. The normalized spacial score (nSPS) is 14.3. The summed E-state index contributed by atoms with van der Waals surface area (Å²) in [5.41, 5.74) is 9.62. The van der Waals surface area contributed by atoms with Crippen LogP contribution in [0.3, 0.4) is 0 Å². The highest BCUT2D eigenvalue weighted by Crippen LogP contribution is 2.37. The second kappa shape index (κ2) is 14.8. The summed E-state index contributed by atoms with van der Waals surface area (Å²) in [6.45, 7) is 5.09. The van der Waals surface area contributed by atoms with Gasteiger partial charge in [-0.3, -0.25) is 0 Å². The van der Waals surface area contributed by atoms with Crippen LogP contribution in [0.5, 0.6) is 5.75 Å². The van der Waals surface area contributed by atoms with E-state index in [-0.39, 0.29) is 12.1 Å². The first-order chi connectivity index (χ1) is 21.1. The zero-order valence-corrected chi connectivity index (χ0v) is 25.3. The zero-order chi connectivity index (χ0) is 30.0. The number of hydrogen-bond donors (Lipinski definition) is 0. The summed E-state index contributed by atoms with van der Waals surface area (Å²) in [6, 6.07) is 31.5. The molecule has 0 radical (unpaired) electrons. The van der Waals surface area contributed by atoms with Crippen LogP contribution in [0.25, 0.3) is 12.2 Å². The Labute approximate surface area is 255 Å². The molecule has 4 aromatic carbocycles. The summed E-state index contributed by atoms with van der Waals surface area (Å²) >= 11 is 0. The highest BCUT2D eigenvalue weighted by atomic mass is 16.6. The maximum Gasteiger partial charge on any atom is 0.335 e. The van der Waals surface area contributed by atoms with Crippen LogP contribution in [0.15, 0.2) is 91.0 Å². The number of aryl methyl sites for hydroxylation is 3. The molecule has 5 rings (SSSR count). The van der Waals surface area contributed by atoms with Gasteiger partial charge in [-0.05, 0) is 77.8 Å². The fraction of sp³-hybridized carbons (Fsp3) is 0.289. The monoisotopic (exact) mass is 576 g/mol. The van der Waals surface area contributed by atoms with E-state index in [4.69, 9.17) is 18.9 Å². The predicted octanol–water partition coefficient (Wildman–Crippen LogP) is 7.57. The molecule has 222 valence electrons. The van der Waals surface area contributed by atoms with Crippen LogP contribution >= 0.6 is 0 Å². The van der Waals surface area contributed by atoms with Gasteiger partial charge in [0.25, 0.3) is 0 Å². The van der Waals surface area contributed by atoms with Gasteiger partial charge in [0.05, 0.1) is 13.2 Å². The van der Waals surface area contributed by atoms with Gasteiger partial charge in [0, 0.05) is 13.5 Å². The highest BCUT2D eigenvalue weighted by molar-refractivity contribution is 5.78. The summed E-state index contributed by atoms with van der Waals surface area (Å²) in [6.07, 6.45) is 6.05. The lowest BCUT2D eigenvalue weighted by Crippen LogP contribution is -2.27. The first-order valence-corrected chi connectivity index (χ1v) is 15.0. The maximum atomic E-state index is 12.1. The van der Waals surface area contributed by atoms with Gasteiger partial charge in [0.1, 0.15) is 18.5 Å². The minimum absolute atomic E-state index is 0.198. The Morgan fingerprint density at radius 2 is 1.63 bits per heavy atom. The molecule has 0 saturated carbocycles. The fourth-order valence-corrected chi connectivity index (χ4v) is 5.56. The van der Waals surface area contributed by atoms with Crippen molar-refractivity contribution >= 4 is 18.1 Å². The highest BCUT2D eigenvalue weighted by Gasteiger charge is 2.24. The molecular weight excluding hydrogens is 536 g/mol. The standard InChI is InChI=1S/C38H40O5/c1-4-41-38(39)36(40-3)26-29-15-20-32(21-16-29)42-23-24-43-37-34-12-8-11-30(18-14-28-9-6-5-7-10-28)33(34)22-19-31-17-13-27(2)25-35(31)37/h5-13,15-17,19-22,25,36-37H,4,14,18,23-24,26H2,1-3H3. The molecule has 4 aromatic rings. The van der Waals surface area contributed by atoms with E-state index >= 15 is 0 Å². The van der Waals surface area contributed by atoms with Crippen LogP contribution in [0.4, 0.5) is 0 Å². The van der Waals surface area contributed by atoms with E-state index in [0.717, 1.165) is 24.2 Å². The van der Waals surface area contributed by atoms with Crippen LogP contribution in [0, 0.1) is 6.92 Å². The minimum Gasteiger partial charge on any atom is -0.491 e. The molecule has 2 unspecified atom stereocenters. The van der Waals surface area contributed by atoms with Crippen molar-refractivity contribution in [2.75, 3.05) is 26.9 Å². The third-order valence-corrected chi connectivity index (χ3v) is 7.81. The van der Waals surface area contributed by atoms with Crippen LogP contribution < -0.4 is 4.74 Å². The SMILES string of the molecule is CCOC(=O)C(Cc1ccc(OCCOC2c3cc(C)ccc3C=Cc3c(CCc4ccccc4)cccc32)cc1)OC. The number of fused-ring (bicyclic) bond motifs is 2. The lowest BCUT2D eigenvalue weighted by molar-refractivity contribution is -0.154. The van der Waals surface area contributed by atoms with E-state index in [1.54, 1.807) is 6.92 Å². The smallest absolute Gasteiger partial charge is 0.335 e. The van der Waals surface area contributed by atoms with E-state index in [2.05, 4.69) is 85.8 Å². The van der Waals surface area contributed by atoms with Gasteiger partial charge in [-0.2, -0.15) is 0 Å². The van der Waals surface area contributed by atoms with Crippen LogP contribution in [0.2, 0.25) is 0 Å². The molecule has 0 N–H and O–H groups in total. The summed E-state index contributed by atoms with van der Waals surface area (Å²) in [7, 11) is 1.52. The molecule has 2 atom stereocenters. The van der Waals surface area contributed by atoms with Gasteiger partial charge in [-0.15, -0.1) is 0 Å². The molecular formula is C38H40O5. The Hall–Kier alpha value is -4.19. The summed E-state index contributed by atoms with van der Waals surface area (Å²) in [5.74, 6) is 0.401. The average Bonchev–Trinajstić information content (AvgIpc) is 3.18. The molecule has 0 fully saturated rings. The van der Waals surface area contributed by atoms with Crippen molar-refractivity contribution in [3.8, 4) is 5.75 Å². The molecule has 0 aliphatic heterocycles. The molecule has 5 heteroatoms. The van der Waals surface area contributed by atoms with Crippen LogP contribution in [-0.2, 0) is 38.3 Å². The first kappa shape index (κ1) is 30.3. The van der Waals surface area contributed by atoms with Crippen molar-refractivity contribution in [1.29, 1.82) is 0 Å². The third kappa shape index (κ3) is 7.81. The molecule has 43 heavy (non-hydrogen) atoms. The van der Waals surface area contributed by atoms with Gasteiger partial charge >= 0.3 is 5.97 Å². The van der Waals surface area contributed by atoms with Crippen molar-refractivity contribution in [3.63, 3.8) is 0 Å². The van der Waals surface area contributed by atoms with Gasteiger partial charge < -0.3 is 18.9 Å². The summed E-state index contributed by atoms with van der Waals surface area (Å²) in [5, 5.41) is 0. The Kier molecular flexibility index (Phi) is 10.4. The van der Waals surface area contributed by atoms with Crippen molar-refractivity contribution in [1.82, 2.24) is 0 Å². The second-order valence-electron chi connectivity index (χ2n) is 10.8. The Morgan fingerprint density at radius 3 is 2.40 bits per heavy atom. The van der Waals surface area contributed by atoms with Crippen molar-refractivity contribution in [3.05, 3.63) is 136 Å². The molecule has 0 heterocycles. The molecule has 1 aliphatic carbocycles. The number of ether oxygens (including phenoxy) is 4. The van der Waals surface area contributed by atoms with Gasteiger partial charge in [-0.25, -0.2) is 4.79 Å². The zero-order valence-electron chi connectivity index (χ0n) is 25.3. The molecule has 0 spiro atoms. The second-order valence-corrected chi connectivity index (χ2v) is 10.8. The van der Waals surface area contributed by atoms with E-state index in [9.17, 15) is 4.79 Å². The summed E-state index contributed by atoms with van der Waals surface area (Å²) < 4.78 is 23.1. The average molecular weight is 577 g/mol. The molecule has 0 saturated heterocycles. The number of rotatable bonds is 13. The Morgan fingerprint density at radius 1 is 0.814 bits per heavy atom. The van der Waals surface area contributed by atoms with Gasteiger partial charge in [0.15, 0.2) is 6.10 Å². The molecule has 0 amide bonds. The fourth-order valence-electron chi connectivity index (χ4n) is 5.56. The maximum absolute atomic E-state index is 12.1. The number of hydrogen-bond acceptors (Lipinski definition) is 5. The first-order valence-electron chi connectivity index (χ1n) is 15.0. The van der Waals surface area contributed by atoms with E-state index in [0.29, 0.717) is 26.2 Å². The topological polar surface area (TPSA) is 54.0 Å². The lowest BCUT2D eigenvalue weighted by Gasteiger charge is -2.23. The Bertz CT molecular complexity index is 1520. The van der Waals surface area contributed by atoms with E-state index in [1.165, 1.54) is 46.1 Å². The number of benzene rings is 4. The number of carbonyl (C=O) groups excluding carboxylic acids is 1. The molecule has 0 aromatic heterocycles. The minimum atomic E-state index is -0.623. The van der Waals surface area contributed by atoms with Crippen molar-refractivity contribution < 1.29 is 23.7 Å². The van der Waals surface area contributed by atoms with Gasteiger partial charge in [0.2, 0.25) is 0 Å². The summed E-state index contributed by atoms with van der Waals surface area (Å²) in [4.78, 5) is 12.1. The largest absolute Gasteiger partial charge is 0.491 e. The third-order valence-electron chi connectivity index (χ3n) is 7.81. The van der Waals surface area contributed by atoms with Crippen LogP contribution in [0.1, 0.15) is 57.5 Å². The van der Waals surface area contributed by atoms with Gasteiger partial charge in [-0.1, -0.05) is 96.6 Å². The number of carbonyl (C=O) groups is 1. The quantitative estimate of drug-likeness (QED) is 0.121. The number of methoxy groups -OCH3 is 1. The molecule has 1 aliphatic rings. The van der Waals surface area contributed by atoms with E-state index in [1.807, 2.05) is 24.3 Å². The predicted molar refractivity (Wildman–Crippen MR) is 171 cm³/mol. The molecule has 0 bridgehead atoms. The van der Waals surface area contributed by atoms with Crippen molar-refractivity contribution in [2.24, 2.45) is 0 Å². The van der Waals surface area contributed by atoms with Crippen LogP contribution in [-0.4, -0.2) is 39.0 Å². The lowest BCUT2D eigenvalue weighted by atomic mass is 9.91. The van der Waals surface area contributed by atoms with Crippen molar-refractivity contribution in [2.45, 2.75) is 45.3 Å².